The lowest BCUT2D eigenvalue weighted by Crippen LogP contribution is -2.36. The molecule has 0 radical (unpaired) electrons. The van der Waals surface area contributed by atoms with E-state index >= 15 is 0 Å². The summed E-state index contributed by atoms with van der Waals surface area (Å²) in [5.74, 6) is 1.65. The first-order valence-corrected chi connectivity index (χ1v) is 6.43. The lowest BCUT2D eigenvalue weighted by atomic mass is 9.93. The summed E-state index contributed by atoms with van der Waals surface area (Å²) < 4.78 is 0. The van der Waals surface area contributed by atoms with Crippen molar-refractivity contribution in [1.29, 1.82) is 0 Å². The third kappa shape index (κ3) is 3.18. The number of aryl methyl sites for hydroxylation is 1. The van der Waals surface area contributed by atoms with E-state index < -0.39 is 0 Å². The van der Waals surface area contributed by atoms with Gasteiger partial charge in [-0.3, -0.25) is 4.79 Å². The number of amides is 1. The molecule has 1 aliphatic heterocycles. The second kappa shape index (κ2) is 5.80. The minimum atomic E-state index is 0.145. The van der Waals surface area contributed by atoms with Crippen LogP contribution in [0.2, 0.25) is 0 Å². The summed E-state index contributed by atoms with van der Waals surface area (Å²) in [6, 6.07) is 2.01. The molecule has 1 N–H and O–H groups in total. The van der Waals surface area contributed by atoms with Gasteiger partial charge in [-0.15, -0.1) is 0 Å². The van der Waals surface area contributed by atoms with Crippen molar-refractivity contribution >= 4 is 11.7 Å². The molecule has 1 amide bonds. The lowest BCUT2D eigenvalue weighted by molar-refractivity contribution is -0.121. The summed E-state index contributed by atoms with van der Waals surface area (Å²) >= 11 is 0. The molecule has 1 aliphatic rings. The maximum atomic E-state index is 11.3. The quantitative estimate of drug-likeness (QED) is 0.871. The molecule has 1 saturated heterocycles. The van der Waals surface area contributed by atoms with E-state index in [9.17, 15) is 4.79 Å². The molecule has 1 aromatic heterocycles. The molecule has 0 spiro atoms. The Bertz CT molecular complexity index is 413. The predicted molar refractivity (Wildman–Crippen MR) is 70.4 cm³/mol. The average Bonchev–Trinajstić information content (AvgIpc) is 2.39. The van der Waals surface area contributed by atoms with Crippen molar-refractivity contribution < 1.29 is 4.79 Å². The van der Waals surface area contributed by atoms with Crippen LogP contribution < -0.4 is 10.2 Å². The summed E-state index contributed by atoms with van der Waals surface area (Å²) in [5.41, 5.74) is 0.993. The number of rotatable bonds is 3. The molecule has 1 fully saturated rings. The van der Waals surface area contributed by atoms with Gasteiger partial charge in [0.05, 0.1) is 0 Å². The van der Waals surface area contributed by atoms with Gasteiger partial charge in [0.15, 0.2) is 0 Å². The summed E-state index contributed by atoms with van der Waals surface area (Å²) in [4.78, 5) is 22.0. The Balaban J connectivity index is 1.88. The molecule has 2 heterocycles. The minimum Gasteiger partial charge on any atom is -0.359 e. The smallest absolute Gasteiger partial charge is 0.220 e. The van der Waals surface area contributed by atoms with Gasteiger partial charge >= 0.3 is 0 Å². The number of carbonyl (C=O) groups excluding carboxylic acids is 1. The zero-order valence-electron chi connectivity index (χ0n) is 11.0. The predicted octanol–water partition coefficient (Wildman–Crippen LogP) is 1.14. The van der Waals surface area contributed by atoms with Crippen LogP contribution in [-0.4, -0.2) is 36.0 Å². The van der Waals surface area contributed by atoms with Crippen molar-refractivity contribution in [2.24, 2.45) is 5.92 Å². The first-order chi connectivity index (χ1) is 8.69. The van der Waals surface area contributed by atoms with Crippen molar-refractivity contribution in [3.8, 4) is 0 Å². The van der Waals surface area contributed by atoms with E-state index in [0.717, 1.165) is 37.4 Å². The fourth-order valence-electron chi connectivity index (χ4n) is 2.34. The molecule has 1 aromatic rings. The Labute approximate surface area is 108 Å². The van der Waals surface area contributed by atoms with E-state index in [-0.39, 0.29) is 5.91 Å². The highest BCUT2D eigenvalue weighted by Crippen LogP contribution is 2.23. The van der Waals surface area contributed by atoms with Gasteiger partial charge in [0.25, 0.3) is 0 Å². The van der Waals surface area contributed by atoms with E-state index in [1.807, 2.05) is 13.0 Å². The largest absolute Gasteiger partial charge is 0.359 e. The normalized spacial score (nSPS) is 16.7. The zero-order chi connectivity index (χ0) is 13.0. The van der Waals surface area contributed by atoms with Crippen LogP contribution in [0.4, 0.5) is 5.82 Å². The molecule has 0 aromatic carbocycles. The topological polar surface area (TPSA) is 58.1 Å². The zero-order valence-corrected chi connectivity index (χ0v) is 11.0. The van der Waals surface area contributed by atoms with E-state index in [0.29, 0.717) is 12.3 Å². The van der Waals surface area contributed by atoms with Crippen LogP contribution in [0, 0.1) is 12.8 Å². The maximum absolute atomic E-state index is 11.3. The monoisotopic (exact) mass is 248 g/mol. The van der Waals surface area contributed by atoms with E-state index in [1.165, 1.54) is 0 Å². The van der Waals surface area contributed by atoms with E-state index in [2.05, 4.69) is 20.2 Å². The Morgan fingerprint density at radius 1 is 1.44 bits per heavy atom. The second-order valence-corrected chi connectivity index (χ2v) is 4.83. The van der Waals surface area contributed by atoms with Crippen molar-refractivity contribution in [2.45, 2.75) is 26.2 Å². The number of hydrogen-bond acceptors (Lipinski definition) is 4. The van der Waals surface area contributed by atoms with Crippen molar-refractivity contribution in [3.05, 3.63) is 18.1 Å². The molecule has 0 aliphatic carbocycles. The molecule has 0 atom stereocenters. The Hall–Kier alpha value is -1.65. The molecule has 0 unspecified atom stereocenters. The van der Waals surface area contributed by atoms with Crippen LogP contribution in [-0.2, 0) is 4.79 Å². The van der Waals surface area contributed by atoms with E-state index in [1.54, 1.807) is 13.4 Å². The molecular formula is C13H20N4O. The van der Waals surface area contributed by atoms with Crippen LogP contribution in [0.15, 0.2) is 12.4 Å². The van der Waals surface area contributed by atoms with Crippen LogP contribution in [0.1, 0.15) is 25.0 Å². The summed E-state index contributed by atoms with van der Waals surface area (Å²) in [5, 5.41) is 2.69. The van der Waals surface area contributed by atoms with Gasteiger partial charge in [0, 0.05) is 38.3 Å². The Kier molecular flexibility index (Phi) is 4.12. The van der Waals surface area contributed by atoms with Gasteiger partial charge in [0.1, 0.15) is 12.1 Å². The fraction of sp³-hybridized carbons (Fsp3) is 0.615. The number of piperidine rings is 1. The molecule has 5 heteroatoms. The number of aromatic nitrogens is 2. The molecule has 0 bridgehead atoms. The molecule has 98 valence electrons. The first kappa shape index (κ1) is 12.8. The van der Waals surface area contributed by atoms with Gasteiger partial charge in [-0.05, 0) is 25.7 Å². The maximum Gasteiger partial charge on any atom is 0.220 e. The fourth-order valence-corrected chi connectivity index (χ4v) is 2.34. The Morgan fingerprint density at radius 3 is 2.78 bits per heavy atom. The minimum absolute atomic E-state index is 0.145. The van der Waals surface area contributed by atoms with Crippen LogP contribution in [0.5, 0.6) is 0 Å². The second-order valence-electron chi connectivity index (χ2n) is 4.83. The van der Waals surface area contributed by atoms with Crippen molar-refractivity contribution in [3.63, 3.8) is 0 Å². The highest BCUT2D eigenvalue weighted by atomic mass is 16.1. The van der Waals surface area contributed by atoms with Crippen molar-refractivity contribution in [2.75, 3.05) is 25.0 Å². The number of nitrogens with one attached hydrogen (secondary N) is 1. The van der Waals surface area contributed by atoms with E-state index in [4.69, 9.17) is 0 Å². The summed E-state index contributed by atoms with van der Waals surface area (Å²) in [6.45, 7) is 3.92. The molecule has 18 heavy (non-hydrogen) atoms. The SMILES string of the molecule is CNC(=O)CC1CCN(c2cc(C)ncn2)CC1. The Morgan fingerprint density at radius 2 is 2.17 bits per heavy atom. The number of hydrogen-bond donors (Lipinski definition) is 1. The van der Waals surface area contributed by atoms with Crippen LogP contribution in [0.3, 0.4) is 0 Å². The van der Waals surface area contributed by atoms with Crippen LogP contribution >= 0.6 is 0 Å². The summed E-state index contributed by atoms with van der Waals surface area (Å²) in [6.07, 6.45) is 4.36. The molecule has 0 saturated carbocycles. The van der Waals surface area contributed by atoms with Crippen molar-refractivity contribution in [1.82, 2.24) is 15.3 Å². The van der Waals surface area contributed by atoms with Gasteiger partial charge in [-0.25, -0.2) is 9.97 Å². The number of nitrogens with zero attached hydrogens (tertiary/aromatic N) is 3. The summed E-state index contributed by atoms with van der Waals surface area (Å²) in [7, 11) is 1.70. The van der Waals surface area contributed by atoms with Gasteiger partial charge < -0.3 is 10.2 Å². The van der Waals surface area contributed by atoms with Gasteiger partial charge in [-0.1, -0.05) is 0 Å². The van der Waals surface area contributed by atoms with Gasteiger partial charge in [0.2, 0.25) is 5.91 Å². The third-order valence-electron chi connectivity index (χ3n) is 3.48. The highest BCUT2D eigenvalue weighted by Gasteiger charge is 2.21. The standard InChI is InChI=1S/C13H20N4O/c1-10-7-12(16-9-15-10)17-5-3-11(4-6-17)8-13(18)14-2/h7,9,11H,3-6,8H2,1-2H3,(H,14,18). The third-order valence-corrected chi connectivity index (χ3v) is 3.48. The molecular weight excluding hydrogens is 228 g/mol. The first-order valence-electron chi connectivity index (χ1n) is 6.43. The van der Waals surface area contributed by atoms with Gasteiger partial charge in [-0.2, -0.15) is 0 Å². The number of anilines is 1. The highest BCUT2D eigenvalue weighted by molar-refractivity contribution is 5.75. The number of carbonyl (C=O) groups is 1. The molecule has 5 nitrogen and oxygen atoms in total. The average molecular weight is 248 g/mol. The van der Waals surface area contributed by atoms with Crippen LogP contribution in [0.25, 0.3) is 0 Å². The lowest BCUT2D eigenvalue weighted by Gasteiger charge is -2.32. The molecule has 2 rings (SSSR count).